The molecule has 8 aromatic rings. The van der Waals surface area contributed by atoms with Crippen molar-refractivity contribution in [2.45, 2.75) is 4.90 Å². The quantitative estimate of drug-likeness (QED) is 0.152. The van der Waals surface area contributed by atoms with Gasteiger partial charge in [-0.2, -0.15) is 8.42 Å². The summed E-state index contributed by atoms with van der Waals surface area (Å²) in [6.45, 7) is 0. The lowest BCUT2D eigenvalue weighted by Crippen LogP contribution is -2.21. The molecule has 1 aliphatic heterocycles. The van der Waals surface area contributed by atoms with Crippen LogP contribution in [0.15, 0.2) is 169 Å². The van der Waals surface area contributed by atoms with Crippen molar-refractivity contribution in [2.24, 2.45) is 0 Å². The van der Waals surface area contributed by atoms with E-state index in [0.717, 1.165) is 66.8 Å². The fraction of sp³-hybridized carbons (Fsp3) is 0. The largest absolute Gasteiger partial charge is 0.354 e. The molecule has 0 unspecified atom stereocenters. The van der Waals surface area contributed by atoms with Gasteiger partial charge in [0.05, 0.1) is 5.35 Å². The Bertz CT molecular complexity index is 2960. The van der Waals surface area contributed by atoms with Crippen LogP contribution in [0.1, 0.15) is 45.0 Å². The Labute approximate surface area is 299 Å². The monoisotopic (exact) mass is 696 g/mol. The van der Waals surface area contributed by atoms with Crippen LogP contribution in [0.25, 0.3) is 22.3 Å². The van der Waals surface area contributed by atoms with Crippen molar-refractivity contribution >= 4 is 32.4 Å². The highest BCUT2D eigenvalue weighted by Crippen LogP contribution is 2.28. The number of H-pyrrole nitrogens is 4. The third-order valence-electron chi connectivity index (χ3n) is 9.50. The summed E-state index contributed by atoms with van der Waals surface area (Å²) in [5.41, 5.74) is 10.0. The van der Waals surface area contributed by atoms with Crippen LogP contribution in [-0.2, 0) is 10.1 Å². The molecule has 4 aromatic carbocycles. The van der Waals surface area contributed by atoms with Crippen molar-refractivity contribution in [1.29, 1.82) is 0 Å². The molecule has 0 atom stereocenters. The minimum atomic E-state index is -4.70. The van der Waals surface area contributed by atoms with Gasteiger partial charge >= 0.3 is 0 Å². The summed E-state index contributed by atoms with van der Waals surface area (Å²) in [5, 5.41) is 2.62. The number of hydrogen-bond acceptors (Lipinski definition) is 2. The van der Waals surface area contributed by atoms with Gasteiger partial charge in [0.1, 0.15) is 4.90 Å². The zero-order valence-corrected chi connectivity index (χ0v) is 28.6. The van der Waals surface area contributed by atoms with E-state index in [9.17, 15) is 13.0 Å². The zero-order valence-electron chi connectivity index (χ0n) is 27.8. The van der Waals surface area contributed by atoms with Gasteiger partial charge in [-0.05, 0) is 64.7 Å². The summed E-state index contributed by atoms with van der Waals surface area (Å²) in [6.07, 6.45) is 0. The van der Waals surface area contributed by atoms with Crippen LogP contribution >= 0.6 is 0 Å². The van der Waals surface area contributed by atoms with Crippen molar-refractivity contribution in [3.05, 3.63) is 230 Å². The first-order valence-electron chi connectivity index (χ1n) is 16.9. The van der Waals surface area contributed by atoms with Gasteiger partial charge in [0.25, 0.3) is 10.1 Å². The van der Waals surface area contributed by atoms with Gasteiger partial charge in [0.15, 0.2) is 0 Å². The Morgan fingerprint density at radius 1 is 0.365 bits per heavy atom. The number of rotatable bonds is 5. The van der Waals surface area contributed by atoms with Crippen LogP contribution in [0.3, 0.4) is 0 Å². The minimum Gasteiger partial charge on any atom is -0.354 e. The summed E-state index contributed by atoms with van der Waals surface area (Å²) in [4.78, 5) is 14.3. The highest BCUT2D eigenvalue weighted by atomic mass is 32.2. The number of aromatic nitrogens is 4. The lowest BCUT2D eigenvalue weighted by atomic mass is 10.0. The first-order chi connectivity index (χ1) is 25.4. The van der Waals surface area contributed by atoms with Crippen LogP contribution in [0.5, 0.6) is 0 Å². The fourth-order valence-electron chi connectivity index (χ4n) is 7.24. The molecule has 5 heterocycles. The molecule has 1 aliphatic rings. The van der Waals surface area contributed by atoms with E-state index < -0.39 is 10.1 Å². The average molecular weight is 697 g/mol. The second-order valence-electron chi connectivity index (χ2n) is 12.7. The lowest BCUT2D eigenvalue weighted by molar-refractivity contribution is 0.482. The van der Waals surface area contributed by atoms with E-state index in [4.69, 9.17) is 0 Å². The Hall–Kier alpha value is -6.61. The van der Waals surface area contributed by atoms with Crippen LogP contribution in [-0.4, -0.2) is 32.9 Å². The molecule has 5 N–H and O–H groups in total. The standard InChI is InChI=1S/C44H32N4O3S/c49-52(50,51)39-27-38-42(30-17-9-3-10-18-30)36-24-23-34(46-36)40(28-13-5-1-6-14-28)32-21-22-33(45-32)41(29-15-7-2-8-16-29)35-25-26-37(47-35)43(44(39)48-38)31-19-11-4-12-20-31/h1-27,45-48H,(H,49,50,51). The highest BCUT2D eigenvalue weighted by molar-refractivity contribution is 7.85. The van der Waals surface area contributed by atoms with Crippen LogP contribution in [0.2, 0.25) is 0 Å². The predicted octanol–water partition coefficient (Wildman–Crippen LogP) is 5.55. The molecule has 7 nitrogen and oxygen atoms in total. The first kappa shape index (κ1) is 31.4. The average Bonchev–Trinajstić information content (AvgIpc) is 4.00. The van der Waals surface area contributed by atoms with Gasteiger partial charge in [0, 0.05) is 61.1 Å². The van der Waals surface area contributed by atoms with Crippen molar-refractivity contribution < 1.29 is 13.0 Å². The Kier molecular flexibility index (Phi) is 7.61. The first-order valence-corrected chi connectivity index (χ1v) is 18.4. The number of nitrogens with one attached hydrogen (secondary N) is 4. The van der Waals surface area contributed by atoms with E-state index in [1.807, 2.05) is 121 Å². The number of fused-ring (bicyclic) bond motifs is 8. The third kappa shape index (κ3) is 5.56. The van der Waals surface area contributed by atoms with E-state index in [1.165, 1.54) is 6.07 Å². The molecule has 8 bridgehead atoms. The van der Waals surface area contributed by atoms with Gasteiger partial charge < -0.3 is 19.9 Å². The molecule has 0 spiro atoms. The maximum Gasteiger partial charge on any atom is 0.296 e. The molecule has 0 fully saturated rings. The van der Waals surface area contributed by atoms with Gasteiger partial charge in [-0.3, -0.25) is 4.55 Å². The van der Waals surface area contributed by atoms with Gasteiger partial charge in [-0.25, -0.2) is 0 Å². The molecule has 52 heavy (non-hydrogen) atoms. The molecule has 4 aromatic heterocycles. The molecular formula is C44H32N4O3S. The molecule has 0 aliphatic carbocycles. The molecule has 9 rings (SSSR count). The van der Waals surface area contributed by atoms with E-state index in [0.29, 0.717) is 16.6 Å². The predicted molar refractivity (Wildman–Crippen MR) is 204 cm³/mol. The van der Waals surface area contributed by atoms with Crippen LogP contribution in [0.4, 0.5) is 0 Å². The van der Waals surface area contributed by atoms with Gasteiger partial charge in [0.2, 0.25) is 0 Å². The summed E-state index contributed by atoms with van der Waals surface area (Å²) in [6, 6.07) is 53.6. The number of benzene rings is 4. The lowest BCUT2D eigenvalue weighted by Gasteiger charge is -2.10. The molecular weight excluding hydrogens is 665 g/mol. The van der Waals surface area contributed by atoms with Crippen LogP contribution in [0, 0.1) is 0 Å². The van der Waals surface area contributed by atoms with E-state index in [1.54, 1.807) is 0 Å². The summed E-state index contributed by atoms with van der Waals surface area (Å²) in [5.74, 6) is 0. The summed E-state index contributed by atoms with van der Waals surface area (Å²) >= 11 is 0. The molecule has 0 saturated carbocycles. The van der Waals surface area contributed by atoms with Crippen molar-refractivity contribution in [3.63, 3.8) is 0 Å². The van der Waals surface area contributed by atoms with E-state index in [2.05, 4.69) is 56.3 Å². The maximum absolute atomic E-state index is 13.3. The Balaban J connectivity index is 1.50. The molecule has 252 valence electrons. The van der Waals surface area contributed by atoms with Crippen molar-refractivity contribution in [2.75, 3.05) is 0 Å². The maximum atomic E-state index is 13.3. The zero-order chi connectivity index (χ0) is 35.2. The number of hydrogen-bond donors (Lipinski definition) is 5. The fourth-order valence-corrected chi connectivity index (χ4v) is 7.92. The normalized spacial score (nSPS) is 13.1. The smallest absolute Gasteiger partial charge is 0.296 e. The van der Waals surface area contributed by atoms with E-state index >= 15 is 0 Å². The highest BCUT2D eigenvalue weighted by Gasteiger charge is 2.23. The summed E-state index contributed by atoms with van der Waals surface area (Å²) < 4.78 is 37.4. The topological polar surface area (TPSA) is 118 Å². The Morgan fingerprint density at radius 2 is 0.712 bits per heavy atom. The summed E-state index contributed by atoms with van der Waals surface area (Å²) in [7, 11) is -4.70. The van der Waals surface area contributed by atoms with Crippen LogP contribution < -0.4 is 21.4 Å². The molecule has 0 radical (unpaired) electrons. The minimum absolute atomic E-state index is 0.223. The molecule has 8 heteroatoms. The second kappa shape index (κ2) is 12.6. The third-order valence-corrected chi connectivity index (χ3v) is 10.4. The van der Waals surface area contributed by atoms with Gasteiger partial charge in [-0.15, -0.1) is 0 Å². The second-order valence-corrected chi connectivity index (χ2v) is 14.1. The number of aromatic amines is 4. The molecule has 0 amide bonds. The van der Waals surface area contributed by atoms with E-state index in [-0.39, 0.29) is 10.2 Å². The van der Waals surface area contributed by atoms with Gasteiger partial charge in [-0.1, -0.05) is 121 Å². The Morgan fingerprint density at radius 3 is 1.10 bits per heavy atom. The molecule has 0 saturated heterocycles. The SMILES string of the molecule is O=S(=O)(O)c1cc2[nH]c1=C(c1ccccc1)c1ccc([nH]1)C(c1ccccc1)=c1ccc([nH]1)=C(c1ccccc1)c1ccc([nH]1)C=2c1ccccc1. The van der Waals surface area contributed by atoms with Crippen molar-refractivity contribution in [1.82, 2.24) is 19.9 Å². The van der Waals surface area contributed by atoms with Crippen molar-refractivity contribution in [3.8, 4) is 0 Å².